The van der Waals surface area contributed by atoms with Crippen LogP contribution >= 0.6 is 0 Å². The van der Waals surface area contributed by atoms with Crippen molar-refractivity contribution in [3.05, 3.63) is 11.6 Å². The van der Waals surface area contributed by atoms with E-state index in [-0.39, 0.29) is 0 Å². The van der Waals surface area contributed by atoms with Crippen molar-refractivity contribution in [2.45, 2.75) is 53.1 Å². The summed E-state index contributed by atoms with van der Waals surface area (Å²) in [5.41, 5.74) is 0. The zero-order valence-electron chi connectivity index (χ0n) is 10.4. The maximum atomic E-state index is 4.21. The average Bonchev–Trinajstić information content (AvgIpc) is 2.46. The van der Waals surface area contributed by atoms with Crippen molar-refractivity contribution in [1.29, 1.82) is 0 Å². The third-order valence-corrected chi connectivity index (χ3v) is 2.35. The Morgan fingerprint density at radius 2 is 1.87 bits per heavy atom. The van der Waals surface area contributed by atoms with Gasteiger partial charge in [-0.25, -0.2) is 0 Å². The predicted molar refractivity (Wildman–Crippen MR) is 62.0 cm³/mol. The van der Waals surface area contributed by atoms with E-state index in [1.807, 2.05) is 6.92 Å². The molecule has 0 atom stereocenters. The van der Waals surface area contributed by atoms with E-state index in [1.165, 1.54) is 0 Å². The summed E-state index contributed by atoms with van der Waals surface area (Å²) in [6.07, 6.45) is 0.942. The lowest BCUT2D eigenvalue weighted by Gasteiger charge is -2.13. The molecule has 1 aromatic heterocycles. The molecule has 1 aromatic rings. The minimum Gasteiger partial charge on any atom is -0.314 e. The van der Waals surface area contributed by atoms with Gasteiger partial charge < -0.3 is 9.88 Å². The molecule has 1 rings (SSSR count). The molecule has 0 aliphatic carbocycles. The second-order valence-corrected chi connectivity index (χ2v) is 4.49. The van der Waals surface area contributed by atoms with Crippen molar-refractivity contribution in [2.24, 2.45) is 0 Å². The fraction of sp³-hybridized carbons (Fsp3) is 0.818. The summed E-state index contributed by atoms with van der Waals surface area (Å²) in [4.78, 5) is 0. The van der Waals surface area contributed by atoms with Gasteiger partial charge >= 0.3 is 0 Å². The molecule has 0 aliphatic heterocycles. The topological polar surface area (TPSA) is 42.7 Å². The van der Waals surface area contributed by atoms with Crippen LogP contribution in [-0.2, 0) is 6.42 Å². The van der Waals surface area contributed by atoms with Crippen molar-refractivity contribution in [3.8, 4) is 0 Å². The van der Waals surface area contributed by atoms with Gasteiger partial charge in [0.2, 0.25) is 0 Å². The fourth-order valence-electron chi connectivity index (χ4n) is 1.73. The Morgan fingerprint density at radius 3 is 2.40 bits per heavy atom. The minimum absolute atomic E-state index is 0.439. The fourth-order valence-corrected chi connectivity index (χ4v) is 1.73. The normalized spacial score (nSPS) is 11.7. The first-order valence-electron chi connectivity index (χ1n) is 5.66. The maximum absolute atomic E-state index is 4.21. The van der Waals surface area contributed by atoms with Gasteiger partial charge in [0, 0.05) is 25.0 Å². The number of hydrogen-bond donors (Lipinski definition) is 1. The highest BCUT2D eigenvalue weighted by molar-refractivity contribution is 4.96. The summed E-state index contributed by atoms with van der Waals surface area (Å²) in [7, 11) is 0. The number of nitrogens with one attached hydrogen (secondary N) is 1. The highest BCUT2D eigenvalue weighted by atomic mass is 15.3. The van der Waals surface area contributed by atoms with E-state index < -0.39 is 0 Å². The lowest BCUT2D eigenvalue weighted by atomic mass is 10.3. The number of rotatable bonds is 5. The highest BCUT2D eigenvalue weighted by Gasteiger charge is 2.10. The number of aryl methyl sites for hydroxylation is 1. The molecule has 4 heteroatoms. The Kier molecular flexibility index (Phi) is 4.27. The monoisotopic (exact) mass is 210 g/mol. The van der Waals surface area contributed by atoms with Crippen LogP contribution in [0.5, 0.6) is 0 Å². The Bertz CT molecular complexity index is 302. The molecule has 1 heterocycles. The molecule has 15 heavy (non-hydrogen) atoms. The van der Waals surface area contributed by atoms with Gasteiger partial charge in [0.1, 0.15) is 11.6 Å². The molecule has 1 N–H and O–H groups in total. The van der Waals surface area contributed by atoms with Gasteiger partial charge in [-0.05, 0) is 20.8 Å². The van der Waals surface area contributed by atoms with Crippen LogP contribution in [0, 0.1) is 6.92 Å². The van der Waals surface area contributed by atoms with Gasteiger partial charge in [-0.3, -0.25) is 0 Å². The summed E-state index contributed by atoms with van der Waals surface area (Å²) in [6, 6.07) is 0.968. The smallest absolute Gasteiger partial charge is 0.134 e. The molecule has 0 radical (unpaired) electrons. The van der Waals surface area contributed by atoms with Gasteiger partial charge in [0.25, 0.3) is 0 Å². The van der Waals surface area contributed by atoms with Gasteiger partial charge in [-0.15, -0.1) is 10.2 Å². The molecule has 0 saturated carbocycles. The van der Waals surface area contributed by atoms with E-state index in [0.717, 1.165) is 24.6 Å². The first-order valence-corrected chi connectivity index (χ1v) is 5.66. The zero-order valence-corrected chi connectivity index (χ0v) is 10.4. The molecule has 0 fully saturated rings. The summed E-state index contributed by atoms with van der Waals surface area (Å²) in [6.45, 7) is 11.6. The predicted octanol–water partition coefficient (Wildman–Crippen LogP) is 1.71. The van der Waals surface area contributed by atoms with Gasteiger partial charge in [-0.2, -0.15) is 0 Å². The van der Waals surface area contributed by atoms with E-state index >= 15 is 0 Å². The lowest BCUT2D eigenvalue weighted by Crippen LogP contribution is -2.26. The summed E-state index contributed by atoms with van der Waals surface area (Å²) in [5, 5.41) is 11.7. The maximum Gasteiger partial charge on any atom is 0.134 e. The molecule has 0 aliphatic rings. The molecule has 0 saturated heterocycles. The van der Waals surface area contributed by atoms with Gasteiger partial charge in [0.15, 0.2) is 0 Å². The largest absolute Gasteiger partial charge is 0.314 e. The number of hydrogen-bond acceptors (Lipinski definition) is 3. The highest BCUT2D eigenvalue weighted by Crippen LogP contribution is 2.10. The van der Waals surface area contributed by atoms with Gasteiger partial charge in [-0.1, -0.05) is 13.8 Å². The van der Waals surface area contributed by atoms with Crippen LogP contribution in [0.2, 0.25) is 0 Å². The van der Waals surface area contributed by atoms with Crippen molar-refractivity contribution >= 4 is 0 Å². The van der Waals surface area contributed by atoms with Crippen molar-refractivity contribution in [3.63, 3.8) is 0 Å². The lowest BCUT2D eigenvalue weighted by molar-refractivity contribution is 0.530. The van der Waals surface area contributed by atoms with E-state index in [9.17, 15) is 0 Å². The van der Waals surface area contributed by atoms with Crippen LogP contribution < -0.4 is 5.32 Å². The van der Waals surface area contributed by atoms with Crippen LogP contribution in [0.1, 0.15) is 45.4 Å². The van der Waals surface area contributed by atoms with E-state index in [1.54, 1.807) is 0 Å². The summed E-state index contributed by atoms with van der Waals surface area (Å²) < 4.78 is 2.20. The Labute approximate surface area is 92.1 Å². The molecule has 0 unspecified atom stereocenters. The second-order valence-electron chi connectivity index (χ2n) is 4.49. The van der Waals surface area contributed by atoms with Crippen molar-refractivity contribution in [2.75, 3.05) is 6.54 Å². The quantitative estimate of drug-likeness (QED) is 0.804. The first kappa shape index (κ1) is 12.2. The molecular weight excluding hydrogens is 188 g/mol. The molecule has 0 spiro atoms. The standard InChI is InChI=1S/C11H22N4/c1-8(2)12-7-6-11-14-13-10(5)15(11)9(3)4/h8-9,12H,6-7H2,1-5H3. The van der Waals surface area contributed by atoms with Crippen LogP contribution in [-0.4, -0.2) is 27.4 Å². The third kappa shape index (κ3) is 3.30. The minimum atomic E-state index is 0.439. The Balaban J connectivity index is 2.61. The van der Waals surface area contributed by atoms with Crippen LogP contribution in [0.25, 0.3) is 0 Å². The van der Waals surface area contributed by atoms with Crippen molar-refractivity contribution in [1.82, 2.24) is 20.1 Å². The molecule has 0 aromatic carbocycles. The van der Waals surface area contributed by atoms with E-state index in [0.29, 0.717) is 12.1 Å². The summed E-state index contributed by atoms with van der Waals surface area (Å²) in [5.74, 6) is 2.08. The average molecular weight is 210 g/mol. The molecule has 4 nitrogen and oxygen atoms in total. The summed E-state index contributed by atoms with van der Waals surface area (Å²) >= 11 is 0. The van der Waals surface area contributed by atoms with Crippen LogP contribution in [0.15, 0.2) is 0 Å². The SMILES string of the molecule is Cc1nnc(CCNC(C)C)n1C(C)C. The molecule has 0 amide bonds. The Hall–Kier alpha value is -0.900. The second kappa shape index (κ2) is 5.26. The first-order chi connectivity index (χ1) is 7.02. The molecule has 86 valence electrons. The van der Waals surface area contributed by atoms with Crippen LogP contribution in [0.3, 0.4) is 0 Å². The van der Waals surface area contributed by atoms with E-state index in [2.05, 4.69) is 47.8 Å². The number of aromatic nitrogens is 3. The van der Waals surface area contributed by atoms with E-state index in [4.69, 9.17) is 0 Å². The van der Waals surface area contributed by atoms with Crippen molar-refractivity contribution < 1.29 is 0 Å². The zero-order chi connectivity index (χ0) is 11.4. The van der Waals surface area contributed by atoms with Crippen LogP contribution in [0.4, 0.5) is 0 Å². The third-order valence-electron chi connectivity index (χ3n) is 2.35. The molecular formula is C11H22N4. The van der Waals surface area contributed by atoms with Gasteiger partial charge in [0.05, 0.1) is 0 Å². The Morgan fingerprint density at radius 1 is 1.20 bits per heavy atom. The number of nitrogens with zero attached hydrogens (tertiary/aromatic N) is 3. The molecule has 0 bridgehead atoms.